The molecule has 0 radical (unpaired) electrons. The molecule has 9 nitrogen and oxygen atoms in total. The van der Waals surface area contributed by atoms with Crippen molar-refractivity contribution in [1.82, 2.24) is 19.7 Å². The highest BCUT2D eigenvalue weighted by Crippen LogP contribution is 2.49. The molecule has 0 bridgehead atoms. The van der Waals surface area contributed by atoms with Crippen LogP contribution in [0.4, 0.5) is 4.39 Å². The second kappa shape index (κ2) is 10.1. The Balaban J connectivity index is 1.53. The Morgan fingerprint density at radius 1 is 1.12 bits per heavy atom. The van der Waals surface area contributed by atoms with Crippen molar-refractivity contribution in [2.45, 2.75) is 30.7 Å². The summed E-state index contributed by atoms with van der Waals surface area (Å²) in [7, 11) is 3.19. The number of benzene rings is 2. The van der Waals surface area contributed by atoms with Crippen LogP contribution >= 0.6 is 11.6 Å². The van der Waals surface area contributed by atoms with Crippen LogP contribution in [0.25, 0.3) is 0 Å². The van der Waals surface area contributed by atoms with Crippen molar-refractivity contribution < 1.29 is 28.6 Å². The summed E-state index contributed by atoms with van der Waals surface area (Å²) in [5.74, 6) is -1.31. The van der Waals surface area contributed by atoms with E-state index in [0.717, 1.165) is 6.07 Å². The number of nitrogens with zero attached hydrogens (tertiary/aromatic N) is 4. The third-order valence-electron chi connectivity index (χ3n) is 7.48. The molecule has 3 heterocycles. The predicted molar refractivity (Wildman–Crippen MR) is 146 cm³/mol. The average molecular weight is 577 g/mol. The zero-order valence-electron chi connectivity index (χ0n) is 22.3. The van der Waals surface area contributed by atoms with E-state index >= 15 is 4.39 Å². The number of aryl methyl sites for hydroxylation is 1. The molecular weight excluding hydrogens is 551 g/mol. The Morgan fingerprint density at radius 2 is 1.88 bits per heavy atom. The van der Waals surface area contributed by atoms with Crippen LogP contribution in [0.5, 0.6) is 5.75 Å². The Hall–Kier alpha value is -4.12. The van der Waals surface area contributed by atoms with E-state index < -0.39 is 28.8 Å². The van der Waals surface area contributed by atoms with Gasteiger partial charge >= 0.3 is 0 Å². The SMILES string of the molecule is COc1ccc(CN2C(=O)c3cc(C(=O)c4cnn(C)c4)cc(F)c3[C@]2(OCC2(O)CC2)c2ccc(Cl)cc2)nc1. The Labute approximate surface area is 240 Å². The van der Waals surface area contributed by atoms with E-state index in [9.17, 15) is 14.7 Å². The third kappa shape index (κ3) is 4.77. The molecule has 1 saturated carbocycles. The maximum Gasteiger partial charge on any atom is 0.257 e. The monoisotopic (exact) mass is 576 g/mol. The van der Waals surface area contributed by atoms with Crippen LogP contribution in [0.3, 0.4) is 0 Å². The summed E-state index contributed by atoms with van der Waals surface area (Å²) in [4.78, 5) is 33.2. The highest BCUT2D eigenvalue weighted by atomic mass is 35.5. The number of ketones is 1. The molecule has 41 heavy (non-hydrogen) atoms. The van der Waals surface area contributed by atoms with Gasteiger partial charge in [-0.15, -0.1) is 0 Å². The number of rotatable bonds is 9. The van der Waals surface area contributed by atoms with Crippen LogP contribution in [0, 0.1) is 5.82 Å². The molecule has 1 aliphatic heterocycles. The molecule has 1 amide bonds. The minimum Gasteiger partial charge on any atom is -0.495 e. The van der Waals surface area contributed by atoms with Gasteiger partial charge in [-0.2, -0.15) is 5.10 Å². The zero-order chi connectivity index (χ0) is 28.9. The van der Waals surface area contributed by atoms with E-state index in [1.807, 2.05) is 0 Å². The zero-order valence-corrected chi connectivity index (χ0v) is 23.1. The molecule has 4 aromatic rings. The molecule has 2 aromatic heterocycles. The first-order valence-electron chi connectivity index (χ1n) is 12.9. The fourth-order valence-corrected chi connectivity index (χ4v) is 5.21. The Bertz CT molecular complexity index is 1650. The van der Waals surface area contributed by atoms with Crippen molar-refractivity contribution in [2.24, 2.45) is 7.05 Å². The Kier molecular flexibility index (Phi) is 6.64. The van der Waals surface area contributed by atoms with Crippen molar-refractivity contribution in [3.05, 3.63) is 111 Å². The van der Waals surface area contributed by atoms with Crippen molar-refractivity contribution in [3.8, 4) is 5.75 Å². The minimum atomic E-state index is -1.78. The van der Waals surface area contributed by atoms with Crippen LogP contribution in [-0.2, 0) is 24.1 Å². The highest BCUT2D eigenvalue weighted by molar-refractivity contribution is 6.30. The molecule has 1 aliphatic carbocycles. The van der Waals surface area contributed by atoms with Gasteiger partial charge in [-0.25, -0.2) is 4.39 Å². The van der Waals surface area contributed by atoms with Gasteiger partial charge in [-0.3, -0.25) is 24.2 Å². The summed E-state index contributed by atoms with van der Waals surface area (Å²) >= 11 is 6.19. The molecule has 2 aromatic carbocycles. The molecular formula is C30H26ClFN4O5. The number of fused-ring (bicyclic) bond motifs is 1. The van der Waals surface area contributed by atoms with E-state index in [0.29, 0.717) is 34.9 Å². The van der Waals surface area contributed by atoms with Gasteiger partial charge in [0, 0.05) is 29.4 Å². The van der Waals surface area contributed by atoms with Crippen LogP contribution in [0.15, 0.2) is 67.1 Å². The number of halogens is 2. The molecule has 6 rings (SSSR count). The van der Waals surface area contributed by atoms with Gasteiger partial charge in [-0.05, 0) is 49.2 Å². The van der Waals surface area contributed by atoms with Gasteiger partial charge < -0.3 is 14.6 Å². The summed E-state index contributed by atoms with van der Waals surface area (Å²) in [6, 6.07) is 12.5. The number of ether oxygens (including phenoxy) is 2. The van der Waals surface area contributed by atoms with Crippen molar-refractivity contribution >= 4 is 23.3 Å². The number of aliphatic hydroxyl groups is 1. The molecule has 1 fully saturated rings. The van der Waals surface area contributed by atoms with Gasteiger partial charge in [0.1, 0.15) is 11.6 Å². The van der Waals surface area contributed by atoms with E-state index in [-0.39, 0.29) is 35.4 Å². The van der Waals surface area contributed by atoms with E-state index in [4.69, 9.17) is 21.1 Å². The number of carbonyl (C=O) groups excluding carboxylic acids is 2. The molecule has 1 N–H and O–H groups in total. The smallest absolute Gasteiger partial charge is 0.257 e. The maximum atomic E-state index is 16.4. The number of hydrogen-bond donors (Lipinski definition) is 1. The second-order valence-corrected chi connectivity index (χ2v) is 10.8. The highest BCUT2D eigenvalue weighted by Gasteiger charge is 2.56. The van der Waals surface area contributed by atoms with Gasteiger partial charge in [-0.1, -0.05) is 23.7 Å². The summed E-state index contributed by atoms with van der Waals surface area (Å²) in [5.41, 5.74) is -1.76. The number of carbonyl (C=O) groups is 2. The summed E-state index contributed by atoms with van der Waals surface area (Å²) < 4.78 is 29.5. The number of hydrogen-bond acceptors (Lipinski definition) is 7. The molecule has 0 saturated heterocycles. The van der Waals surface area contributed by atoms with Gasteiger partial charge in [0.25, 0.3) is 5.91 Å². The number of aromatic nitrogens is 3. The first kappa shape index (κ1) is 27.1. The maximum absolute atomic E-state index is 16.4. The lowest BCUT2D eigenvalue weighted by molar-refractivity contribution is -0.139. The lowest BCUT2D eigenvalue weighted by Crippen LogP contribution is -2.48. The second-order valence-electron chi connectivity index (χ2n) is 10.4. The molecule has 0 spiro atoms. The quantitative estimate of drug-likeness (QED) is 0.297. The predicted octanol–water partition coefficient (Wildman–Crippen LogP) is 4.25. The summed E-state index contributed by atoms with van der Waals surface area (Å²) in [6.45, 7) is -0.214. The first-order chi connectivity index (χ1) is 19.6. The molecule has 11 heteroatoms. The van der Waals surface area contributed by atoms with Crippen molar-refractivity contribution in [2.75, 3.05) is 13.7 Å². The van der Waals surface area contributed by atoms with Crippen LogP contribution < -0.4 is 4.74 Å². The van der Waals surface area contributed by atoms with Crippen molar-refractivity contribution in [1.29, 1.82) is 0 Å². The fraction of sp³-hybridized carbons (Fsp3) is 0.267. The van der Waals surface area contributed by atoms with Crippen LogP contribution in [0.1, 0.15) is 55.9 Å². The molecule has 2 aliphatic rings. The van der Waals surface area contributed by atoms with Crippen LogP contribution in [0.2, 0.25) is 5.02 Å². The molecule has 210 valence electrons. The van der Waals surface area contributed by atoms with Gasteiger partial charge in [0.15, 0.2) is 11.5 Å². The first-order valence-corrected chi connectivity index (χ1v) is 13.3. The topological polar surface area (TPSA) is 107 Å². The fourth-order valence-electron chi connectivity index (χ4n) is 5.09. The number of methoxy groups -OCH3 is 1. The van der Waals surface area contributed by atoms with Crippen molar-refractivity contribution in [3.63, 3.8) is 0 Å². The minimum absolute atomic E-state index is 0.00199. The van der Waals surface area contributed by atoms with E-state index in [1.165, 1.54) is 41.3 Å². The lowest BCUT2D eigenvalue weighted by Gasteiger charge is -2.40. The largest absolute Gasteiger partial charge is 0.495 e. The lowest BCUT2D eigenvalue weighted by atomic mass is 9.90. The third-order valence-corrected chi connectivity index (χ3v) is 7.73. The van der Waals surface area contributed by atoms with E-state index in [2.05, 4.69) is 10.1 Å². The average Bonchev–Trinajstić information content (AvgIpc) is 3.46. The normalized spacial score (nSPS) is 18.9. The number of pyridine rings is 1. The van der Waals surface area contributed by atoms with E-state index in [1.54, 1.807) is 43.4 Å². The van der Waals surface area contributed by atoms with Crippen LogP contribution in [-0.4, -0.2) is 55.8 Å². The molecule has 0 unspecified atom stereocenters. The molecule has 1 atom stereocenters. The summed E-state index contributed by atoms with van der Waals surface area (Å²) in [5, 5.41) is 15.2. The Morgan fingerprint density at radius 3 is 2.49 bits per heavy atom. The number of amides is 1. The standard InChI is InChI=1S/C30H26ClFN4O5/c1-35-15-19(13-34-35)27(37)18-11-24-26(25(32)12-18)30(41-17-29(39)9-10-29,20-3-5-21(31)6-4-20)36(28(24)38)16-22-7-8-23(40-2)14-33-22/h3-8,11-15,39H,9-10,16-17H2,1-2H3/t30-/m1/s1. The summed E-state index contributed by atoms with van der Waals surface area (Å²) in [6.07, 6.45) is 5.46. The van der Waals surface area contributed by atoms with Gasteiger partial charge in [0.05, 0.1) is 60.6 Å². The van der Waals surface area contributed by atoms with Gasteiger partial charge in [0.2, 0.25) is 0 Å².